The molecule has 0 saturated heterocycles. The van der Waals surface area contributed by atoms with Crippen LogP contribution in [0.5, 0.6) is 0 Å². The highest BCUT2D eigenvalue weighted by Crippen LogP contribution is 2.50. The molecule has 0 aliphatic heterocycles. The number of nitrogens with zero attached hydrogens (tertiary/aromatic N) is 3. The fourth-order valence-corrected chi connectivity index (χ4v) is 19.5. The number of fused-ring (bicyclic) bond motifs is 15. The van der Waals surface area contributed by atoms with Crippen LogP contribution in [0.3, 0.4) is 0 Å². The summed E-state index contributed by atoms with van der Waals surface area (Å²) in [6.45, 7) is 0. The fraction of sp³-hybridized carbons (Fsp3) is 0. The Bertz CT molecular complexity index is 8330. The van der Waals surface area contributed by atoms with Crippen LogP contribution in [0, 0.1) is 0 Å². The van der Waals surface area contributed by atoms with Gasteiger partial charge in [0.2, 0.25) is 0 Å². The van der Waals surface area contributed by atoms with Crippen LogP contribution in [0.15, 0.2) is 479 Å². The van der Waals surface area contributed by atoms with Gasteiger partial charge >= 0.3 is 0 Å². The third-order valence-electron chi connectivity index (χ3n) is 25.4. The van der Waals surface area contributed by atoms with Crippen LogP contribution in [0.4, 0.5) is 0 Å². The molecule has 3 nitrogen and oxygen atoms in total. The fourth-order valence-electron chi connectivity index (χ4n) is 19.5. The minimum atomic E-state index is 0.656. The largest absolute Gasteiger partial charge is 0.208 e. The second-order valence-electron chi connectivity index (χ2n) is 32.6. The molecule has 0 amide bonds. The average Bonchev–Trinajstić information content (AvgIpc) is 0.735. The van der Waals surface area contributed by atoms with Crippen LogP contribution in [0.1, 0.15) is 0 Å². The number of benzene rings is 24. The minimum Gasteiger partial charge on any atom is -0.208 e. The van der Waals surface area contributed by atoms with Gasteiger partial charge in [0.25, 0.3) is 0 Å². The molecule has 0 saturated carbocycles. The Hall–Kier alpha value is -16.6. The second kappa shape index (κ2) is 32.1. The maximum absolute atomic E-state index is 5.15. The van der Waals surface area contributed by atoms with Gasteiger partial charge in [-0.25, -0.2) is 15.0 Å². The van der Waals surface area contributed by atoms with E-state index in [1.54, 1.807) is 0 Å². The van der Waals surface area contributed by atoms with E-state index in [1.807, 2.05) is 36.4 Å². The summed E-state index contributed by atoms with van der Waals surface area (Å²) in [5, 5.41) is 30.1. The molecule has 0 atom stereocenters. The first kappa shape index (κ1) is 74.5. The molecule has 0 fully saturated rings. The normalized spacial score (nSPS) is 11.5. The van der Waals surface area contributed by atoms with Crippen LogP contribution in [-0.4, -0.2) is 15.0 Å². The van der Waals surface area contributed by atoms with Gasteiger partial charge in [0.05, 0.1) is 0 Å². The van der Waals surface area contributed by atoms with Gasteiger partial charge in [-0.05, 0) is 231 Å². The second-order valence-corrected chi connectivity index (χ2v) is 32.6. The molecule has 1 heterocycles. The van der Waals surface area contributed by atoms with Crippen LogP contribution in [0.25, 0.3) is 241 Å². The Balaban J connectivity index is 0.000000109. The van der Waals surface area contributed by atoms with E-state index < -0.39 is 0 Å². The van der Waals surface area contributed by atoms with Crippen molar-refractivity contribution in [1.29, 1.82) is 0 Å². The van der Waals surface area contributed by atoms with Crippen LogP contribution in [0.2, 0.25) is 0 Å². The zero-order valence-electron chi connectivity index (χ0n) is 69.0. The summed E-state index contributed by atoms with van der Waals surface area (Å²) >= 11 is 0. The number of rotatable bonds is 10. The number of hydrogen-bond acceptors (Lipinski definition) is 3. The monoisotopic (exact) mass is 1600 g/mol. The first-order valence-corrected chi connectivity index (χ1v) is 43.3. The zero-order valence-corrected chi connectivity index (χ0v) is 69.0. The smallest absolute Gasteiger partial charge is 0.165 e. The lowest BCUT2D eigenvalue weighted by molar-refractivity contribution is 1.08. The molecule has 0 bridgehead atoms. The molecule has 586 valence electrons. The lowest BCUT2D eigenvalue weighted by Crippen LogP contribution is -2.01. The van der Waals surface area contributed by atoms with Crippen molar-refractivity contribution in [3.8, 4) is 112 Å². The quantitative estimate of drug-likeness (QED) is 0.101. The SMILES string of the molecule is c1ccc(-c2ccc(-c3c4ccccc4c(-c4ccc5ccc6ccccc6c5c4)c4ccccc34)cc2)cc1.c1ccc(-c2cccc(-c3c4ccccc4c(-c4ccc5ccc6ccccc6c5c4)c4ccccc34)c2)cc1.c1ccc(-c2nc(-c3ccccc3)nc(-c3c4ccccc4c(-c4ccc5ccc6ccccc6c5c4)c4ccccc34)n2)cc1. The summed E-state index contributed by atoms with van der Waals surface area (Å²) < 4.78 is 0. The minimum absolute atomic E-state index is 0.656. The summed E-state index contributed by atoms with van der Waals surface area (Å²) in [4.78, 5) is 15.3. The van der Waals surface area contributed by atoms with Gasteiger partial charge in [0.15, 0.2) is 17.5 Å². The van der Waals surface area contributed by atoms with E-state index in [0.29, 0.717) is 17.5 Å². The van der Waals surface area contributed by atoms with Crippen LogP contribution in [-0.2, 0) is 0 Å². The molecule has 126 heavy (non-hydrogen) atoms. The summed E-state index contributed by atoms with van der Waals surface area (Å²) in [5.41, 5.74) is 20.4. The van der Waals surface area contributed by atoms with E-state index in [2.05, 4.69) is 443 Å². The van der Waals surface area contributed by atoms with Gasteiger partial charge in [0.1, 0.15) is 0 Å². The van der Waals surface area contributed by atoms with Gasteiger partial charge < -0.3 is 0 Å². The Kier molecular flexibility index (Phi) is 19.0. The van der Waals surface area contributed by atoms with E-state index >= 15 is 0 Å². The van der Waals surface area contributed by atoms with Gasteiger partial charge in [0, 0.05) is 16.7 Å². The van der Waals surface area contributed by atoms with Crippen molar-refractivity contribution in [3.63, 3.8) is 0 Å². The van der Waals surface area contributed by atoms with Gasteiger partial charge in [-0.2, -0.15) is 0 Å². The van der Waals surface area contributed by atoms with Crippen molar-refractivity contribution >= 4 is 129 Å². The van der Waals surface area contributed by atoms with E-state index in [9.17, 15) is 0 Å². The van der Waals surface area contributed by atoms with Crippen LogP contribution < -0.4 is 0 Å². The van der Waals surface area contributed by atoms with Gasteiger partial charge in [-0.3, -0.25) is 0 Å². The molecule has 0 aliphatic carbocycles. The number of hydrogen-bond donors (Lipinski definition) is 0. The van der Waals surface area contributed by atoms with Crippen molar-refractivity contribution in [2.75, 3.05) is 0 Å². The molecule has 0 radical (unpaired) electrons. The first-order valence-electron chi connectivity index (χ1n) is 43.3. The summed E-state index contributed by atoms with van der Waals surface area (Å²) in [6, 6.07) is 173. The molecule has 3 heteroatoms. The molecule has 1 aromatic heterocycles. The Morgan fingerprint density at radius 1 is 0.0952 bits per heavy atom. The van der Waals surface area contributed by atoms with Crippen molar-refractivity contribution < 1.29 is 0 Å². The topological polar surface area (TPSA) is 38.7 Å². The van der Waals surface area contributed by atoms with Crippen molar-refractivity contribution in [1.82, 2.24) is 15.0 Å². The van der Waals surface area contributed by atoms with E-state index in [1.165, 1.54) is 196 Å². The molecular weight excluding hydrogens is 1520 g/mol. The maximum Gasteiger partial charge on any atom is 0.165 e. The molecular formula is C123H79N3. The van der Waals surface area contributed by atoms with Gasteiger partial charge in [-0.1, -0.05) is 455 Å². The predicted molar refractivity (Wildman–Crippen MR) is 537 cm³/mol. The summed E-state index contributed by atoms with van der Waals surface area (Å²) in [6.07, 6.45) is 0. The van der Waals surface area contributed by atoms with Crippen molar-refractivity contribution in [3.05, 3.63) is 479 Å². The Morgan fingerprint density at radius 2 is 0.286 bits per heavy atom. The molecule has 25 rings (SSSR count). The molecule has 25 aromatic rings. The zero-order chi connectivity index (χ0) is 83.4. The molecule has 0 unspecified atom stereocenters. The highest BCUT2D eigenvalue weighted by Gasteiger charge is 2.24. The third kappa shape index (κ3) is 13.5. The molecule has 24 aromatic carbocycles. The average molecular weight is 1600 g/mol. The standard InChI is InChI=1S/C43H27N3.2C40H26/c1-3-14-30(15-4-1)41-44-42(31-16-5-2-6-17-31)46-43(45-41)40-36-21-11-9-19-34(36)39(35-20-10-12-22-37(35)40)32-26-25-29-24-23-28-13-7-8-18-33(28)38(29)27-32;1-2-11-27(12-3-1)30-14-10-15-31(25-30)39-34-17-6-8-19-36(34)40(37-20-9-7-18-35(37)39)32-24-23-29-22-21-28-13-4-5-16-33(28)38(29)26-32;1-2-10-27(11-3-1)28-18-23-31(24-19-28)39-34-14-6-8-16-36(34)40(37-17-9-7-15-35(37)39)32-25-22-30-21-20-29-12-4-5-13-33(29)38(30)26-32/h1-27H;2*1-26H. The Morgan fingerprint density at radius 3 is 0.603 bits per heavy atom. The highest BCUT2D eigenvalue weighted by molar-refractivity contribution is 6.26. The summed E-state index contributed by atoms with van der Waals surface area (Å²) in [7, 11) is 0. The molecule has 0 spiro atoms. The highest BCUT2D eigenvalue weighted by atomic mass is 15.0. The lowest BCUT2D eigenvalue weighted by Gasteiger charge is -2.18. The number of aromatic nitrogens is 3. The van der Waals surface area contributed by atoms with Crippen molar-refractivity contribution in [2.45, 2.75) is 0 Å². The maximum atomic E-state index is 5.15. The summed E-state index contributed by atoms with van der Waals surface area (Å²) in [5.74, 6) is 1.97. The molecule has 0 aliphatic rings. The van der Waals surface area contributed by atoms with Gasteiger partial charge in [-0.15, -0.1) is 0 Å². The lowest BCUT2D eigenvalue weighted by atomic mass is 9.85. The predicted octanol–water partition coefficient (Wildman–Crippen LogP) is 33.8. The van der Waals surface area contributed by atoms with E-state index in [-0.39, 0.29) is 0 Å². The molecule has 0 N–H and O–H groups in total. The third-order valence-corrected chi connectivity index (χ3v) is 25.4. The van der Waals surface area contributed by atoms with E-state index in [4.69, 9.17) is 15.0 Å². The van der Waals surface area contributed by atoms with E-state index in [0.717, 1.165) is 27.5 Å². The Labute approximate surface area is 730 Å². The first-order chi connectivity index (χ1) is 62.5. The van der Waals surface area contributed by atoms with Crippen LogP contribution >= 0.6 is 0 Å². The van der Waals surface area contributed by atoms with Crippen molar-refractivity contribution in [2.24, 2.45) is 0 Å².